The fourth-order valence-corrected chi connectivity index (χ4v) is 0.546. The first kappa shape index (κ1) is 17.9. The fourth-order valence-electron chi connectivity index (χ4n) is 0.546. The minimum absolute atomic E-state index is 0.250. The third-order valence-electron chi connectivity index (χ3n) is 1.48. The molecule has 1 atom stereocenters. The molecule has 0 aromatic rings. The van der Waals surface area contributed by atoms with Gasteiger partial charge in [0.1, 0.15) is 0 Å². The van der Waals surface area contributed by atoms with Crippen LogP contribution in [0.25, 0.3) is 0 Å². The van der Waals surface area contributed by atoms with E-state index in [1.807, 2.05) is 34.7 Å². The van der Waals surface area contributed by atoms with Crippen molar-refractivity contribution in [2.45, 2.75) is 54.1 Å². The van der Waals surface area contributed by atoms with E-state index in [1.165, 1.54) is 0 Å². The van der Waals surface area contributed by atoms with E-state index >= 15 is 0 Å². The molecule has 0 aromatic heterocycles. The van der Waals surface area contributed by atoms with Gasteiger partial charge in [0.25, 0.3) is 0 Å². The normalized spacial score (nSPS) is 10.8. The maximum absolute atomic E-state index is 5.65. The maximum atomic E-state index is 5.65. The minimum atomic E-state index is 0.250. The Morgan fingerprint density at radius 1 is 1.08 bits per heavy atom. The SMILES string of the molecule is CC.CC.CCC(N)N(C)CC. The molecule has 0 aliphatic carbocycles. The van der Waals surface area contributed by atoms with Gasteiger partial charge < -0.3 is 5.73 Å². The van der Waals surface area contributed by atoms with Crippen LogP contribution in [0, 0.1) is 0 Å². The van der Waals surface area contributed by atoms with E-state index in [0.717, 1.165) is 13.0 Å². The first-order valence-corrected chi connectivity index (χ1v) is 5.18. The molecular formula is C10H28N2. The van der Waals surface area contributed by atoms with Crippen molar-refractivity contribution in [1.82, 2.24) is 4.90 Å². The van der Waals surface area contributed by atoms with Crippen LogP contribution in [-0.2, 0) is 0 Å². The van der Waals surface area contributed by atoms with E-state index in [9.17, 15) is 0 Å². The molecule has 0 saturated carbocycles. The van der Waals surface area contributed by atoms with Crippen LogP contribution in [0.1, 0.15) is 48.0 Å². The van der Waals surface area contributed by atoms with Crippen molar-refractivity contribution in [2.24, 2.45) is 5.73 Å². The van der Waals surface area contributed by atoms with Crippen molar-refractivity contribution in [3.05, 3.63) is 0 Å². The molecule has 12 heavy (non-hydrogen) atoms. The summed E-state index contributed by atoms with van der Waals surface area (Å²) in [6.07, 6.45) is 1.28. The van der Waals surface area contributed by atoms with Gasteiger partial charge in [-0.2, -0.15) is 0 Å². The lowest BCUT2D eigenvalue weighted by molar-refractivity contribution is 0.253. The number of hydrogen-bond donors (Lipinski definition) is 1. The first-order valence-electron chi connectivity index (χ1n) is 5.18. The Balaban J connectivity index is -0.000000175. The zero-order chi connectivity index (χ0) is 10.6. The summed E-state index contributed by atoms with van der Waals surface area (Å²) in [5, 5.41) is 0. The van der Waals surface area contributed by atoms with E-state index in [2.05, 4.69) is 18.7 Å². The van der Waals surface area contributed by atoms with Gasteiger partial charge in [-0.1, -0.05) is 41.5 Å². The van der Waals surface area contributed by atoms with Gasteiger partial charge in [-0.25, -0.2) is 0 Å². The third-order valence-corrected chi connectivity index (χ3v) is 1.48. The van der Waals surface area contributed by atoms with Crippen LogP contribution in [0.15, 0.2) is 0 Å². The Hall–Kier alpha value is -0.0800. The summed E-state index contributed by atoms with van der Waals surface area (Å²) in [6, 6.07) is 0. The Bertz CT molecular complexity index is 47.8. The number of nitrogens with zero attached hydrogens (tertiary/aromatic N) is 1. The van der Waals surface area contributed by atoms with Crippen LogP contribution in [0.4, 0.5) is 0 Å². The molecule has 1 unspecified atom stereocenters. The molecule has 0 aliphatic heterocycles. The smallest absolute Gasteiger partial charge is 0.0566 e. The van der Waals surface area contributed by atoms with Crippen LogP contribution in [0.2, 0.25) is 0 Å². The van der Waals surface area contributed by atoms with Crippen LogP contribution < -0.4 is 5.73 Å². The van der Waals surface area contributed by atoms with Gasteiger partial charge in [-0.3, -0.25) is 4.90 Å². The Labute approximate surface area is 79.1 Å². The molecule has 0 bridgehead atoms. The van der Waals surface area contributed by atoms with Gasteiger partial charge >= 0.3 is 0 Å². The number of hydrogen-bond acceptors (Lipinski definition) is 2. The zero-order valence-corrected chi connectivity index (χ0v) is 10.0. The van der Waals surface area contributed by atoms with E-state index < -0.39 is 0 Å². The third kappa shape index (κ3) is 12.6. The number of nitrogens with two attached hydrogens (primary N) is 1. The highest BCUT2D eigenvalue weighted by molar-refractivity contribution is 4.55. The standard InChI is InChI=1S/C6H16N2.2C2H6/c1-4-6(7)8(3)5-2;2*1-2/h6H,4-5,7H2,1-3H3;2*1-2H3. The number of rotatable bonds is 3. The molecule has 78 valence electrons. The van der Waals surface area contributed by atoms with Gasteiger partial charge in [-0.05, 0) is 20.0 Å². The summed E-state index contributed by atoms with van der Waals surface area (Å²) >= 11 is 0. The predicted molar refractivity (Wildman–Crippen MR) is 59.3 cm³/mol. The minimum Gasteiger partial charge on any atom is -0.316 e. The van der Waals surface area contributed by atoms with E-state index in [-0.39, 0.29) is 6.17 Å². The molecule has 0 rings (SSSR count). The second-order valence-corrected chi connectivity index (χ2v) is 2.05. The molecule has 0 aromatic carbocycles. The summed E-state index contributed by atoms with van der Waals surface area (Å²) in [5.41, 5.74) is 5.65. The lowest BCUT2D eigenvalue weighted by atomic mass is 10.3. The van der Waals surface area contributed by atoms with E-state index in [0.29, 0.717) is 0 Å². The second-order valence-electron chi connectivity index (χ2n) is 2.05. The Morgan fingerprint density at radius 2 is 1.42 bits per heavy atom. The molecule has 2 nitrogen and oxygen atoms in total. The van der Waals surface area contributed by atoms with Crippen molar-refractivity contribution >= 4 is 0 Å². The van der Waals surface area contributed by atoms with Gasteiger partial charge in [0, 0.05) is 0 Å². The second kappa shape index (κ2) is 17.1. The van der Waals surface area contributed by atoms with Gasteiger partial charge in [0.2, 0.25) is 0 Å². The lowest BCUT2D eigenvalue weighted by Gasteiger charge is -2.20. The van der Waals surface area contributed by atoms with Crippen LogP contribution >= 0.6 is 0 Å². The predicted octanol–water partition coefficient (Wildman–Crippen LogP) is 2.69. The molecule has 0 saturated heterocycles. The summed E-state index contributed by atoms with van der Waals surface area (Å²) in [6.45, 7) is 13.2. The van der Waals surface area contributed by atoms with Gasteiger partial charge in [0.05, 0.1) is 6.17 Å². The molecule has 0 heterocycles. The van der Waals surface area contributed by atoms with Gasteiger partial charge in [0.15, 0.2) is 0 Å². The quantitative estimate of drug-likeness (QED) is 0.670. The van der Waals surface area contributed by atoms with Crippen LogP contribution in [0.5, 0.6) is 0 Å². The van der Waals surface area contributed by atoms with E-state index in [1.54, 1.807) is 0 Å². The van der Waals surface area contributed by atoms with Crippen molar-refractivity contribution < 1.29 is 0 Å². The Morgan fingerprint density at radius 3 is 1.50 bits per heavy atom. The van der Waals surface area contributed by atoms with E-state index in [4.69, 9.17) is 5.73 Å². The fraction of sp³-hybridized carbons (Fsp3) is 1.00. The first-order chi connectivity index (χ1) is 5.72. The summed E-state index contributed by atoms with van der Waals surface area (Å²) in [7, 11) is 2.04. The van der Waals surface area contributed by atoms with Crippen molar-refractivity contribution in [1.29, 1.82) is 0 Å². The van der Waals surface area contributed by atoms with Crippen molar-refractivity contribution in [3.8, 4) is 0 Å². The summed E-state index contributed by atoms with van der Waals surface area (Å²) in [5.74, 6) is 0. The molecule has 0 aliphatic rings. The van der Waals surface area contributed by atoms with Crippen molar-refractivity contribution in [2.75, 3.05) is 13.6 Å². The topological polar surface area (TPSA) is 29.3 Å². The lowest BCUT2D eigenvalue weighted by Crippen LogP contribution is -2.38. The van der Waals surface area contributed by atoms with Crippen molar-refractivity contribution in [3.63, 3.8) is 0 Å². The molecule has 0 amide bonds. The average molecular weight is 176 g/mol. The summed E-state index contributed by atoms with van der Waals surface area (Å²) in [4.78, 5) is 2.12. The van der Waals surface area contributed by atoms with Crippen LogP contribution in [0.3, 0.4) is 0 Å². The van der Waals surface area contributed by atoms with Crippen LogP contribution in [-0.4, -0.2) is 24.7 Å². The average Bonchev–Trinajstić information content (AvgIpc) is 2.21. The monoisotopic (exact) mass is 176 g/mol. The summed E-state index contributed by atoms with van der Waals surface area (Å²) < 4.78 is 0. The molecular weight excluding hydrogens is 148 g/mol. The Kier molecular flexibility index (Phi) is 25.5. The largest absolute Gasteiger partial charge is 0.316 e. The van der Waals surface area contributed by atoms with Gasteiger partial charge in [-0.15, -0.1) is 0 Å². The highest BCUT2D eigenvalue weighted by atomic mass is 15.2. The molecule has 0 fully saturated rings. The molecule has 0 radical (unpaired) electrons. The highest BCUT2D eigenvalue weighted by Crippen LogP contribution is 1.90. The highest BCUT2D eigenvalue weighted by Gasteiger charge is 2.01. The zero-order valence-electron chi connectivity index (χ0n) is 10.0. The molecule has 0 spiro atoms. The molecule has 2 N–H and O–H groups in total. The maximum Gasteiger partial charge on any atom is 0.0566 e. The molecule has 2 heteroatoms.